The van der Waals surface area contributed by atoms with Crippen molar-refractivity contribution in [3.05, 3.63) is 88.0 Å². The van der Waals surface area contributed by atoms with Gasteiger partial charge in [-0.25, -0.2) is 4.79 Å². The molecule has 43 heavy (non-hydrogen) atoms. The molecule has 1 unspecified atom stereocenters. The van der Waals surface area contributed by atoms with Gasteiger partial charge in [-0.05, 0) is 78.1 Å². The summed E-state index contributed by atoms with van der Waals surface area (Å²) in [5, 5.41) is 9.39. The van der Waals surface area contributed by atoms with Gasteiger partial charge in [-0.2, -0.15) is 44.8 Å². The number of methoxy groups -OCH3 is 1. The number of hydrogen-bond acceptors (Lipinski definition) is 4. The second kappa shape index (κ2) is 10.4. The zero-order valence-electron chi connectivity index (χ0n) is 21.9. The molecule has 2 saturated heterocycles. The fourth-order valence-electron chi connectivity index (χ4n) is 5.63. The standard InChI is InChI=1S/C29H19F9N2O3/c1-42-24-7-2-14(13-39)8-21(24)19-4-3-16(27(30,31)32)12-20(19)22-5-6-23-25(43-26(41)40(22)23)15-9-17(28(33,34)35)11-18(10-15)29(36,37)38/h2-4,7-12,22-23,25H,5-6H2,1H3/t22-,23?,25+/m0/s1. The van der Waals surface area contributed by atoms with Crippen LogP contribution in [-0.2, 0) is 23.3 Å². The van der Waals surface area contributed by atoms with Crippen LogP contribution in [0, 0.1) is 11.3 Å². The summed E-state index contributed by atoms with van der Waals surface area (Å²) in [6.07, 6.45) is -17.7. The Bertz CT molecular complexity index is 1590. The molecule has 3 aromatic rings. The normalized spacial score (nSPS) is 20.5. The third-order valence-electron chi connectivity index (χ3n) is 7.51. The summed E-state index contributed by atoms with van der Waals surface area (Å²) in [6, 6.07) is 7.73. The van der Waals surface area contributed by atoms with E-state index in [1.807, 2.05) is 6.07 Å². The summed E-state index contributed by atoms with van der Waals surface area (Å²) in [7, 11) is 1.31. The average Bonchev–Trinajstić information content (AvgIpc) is 3.52. The number of ether oxygens (including phenoxy) is 2. The van der Waals surface area contributed by atoms with Crippen molar-refractivity contribution < 1.29 is 53.8 Å². The molecule has 0 aliphatic carbocycles. The first-order valence-corrected chi connectivity index (χ1v) is 12.6. The number of carbonyl (C=O) groups is 1. The van der Waals surface area contributed by atoms with E-state index in [2.05, 4.69) is 0 Å². The Morgan fingerprint density at radius 2 is 1.44 bits per heavy atom. The van der Waals surface area contributed by atoms with E-state index >= 15 is 0 Å². The summed E-state index contributed by atoms with van der Waals surface area (Å²) < 4.78 is 133. The van der Waals surface area contributed by atoms with E-state index in [4.69, 9.17) is 9.47 Å². The number of alkyl halides is 9. The zero-order chi connectivity index (χ0) is 31.5. The highest BCUT2D eigenvalue weighted by Crippen LogP contribution is 2.51. The summed E-state index contributed by atoms with van der Waals surface area (Å²) in [6.45, 7) is 0. The largest absolute Gasteiger partial charge is 0.496 e. The molecular formula is C29H19F9N2O3. The SMILES string of the molecule is COc1ccc(C#N)cc1-c1ccc(C(F)(F)F)cc1[C@@H]1CCC2[C@@H](c3cc(C(F)(F)F)cc(C(F)(F)F)c3)OC(=O)N21. The predicted molar refractivity (Wildman–Crippen MR) is 131 cm³/mol. The number of rotatable bonds is 4. The van der Waals surface area contributed by atoms with E-state index in [0.29, 0.717) is 12.1 Å². The van der Waals surface area contributed by atoms with Gasteiger partial charge in [-0.3, -0.25) is 4.90 Å². The molecule has 0 bridgehead atoms. The molecule has 5 rings (SSSR count). The lowest BCUT2D eigenvalue weighted by atomic mass is 9.90. The molecule has 2 heterocycles. The molecule has 0 aromatic heterocycles. The zero-order valence-corrected chi connectivity index (χ0v) is 21.9. The molecule has 3 aromatic carbocycles. The number of amides is 1. The fourth-order valence-corrected chi connectivity index (χ4v) is 5.63. The van der Waals surface area contributed by atoms with Crippen molar-refractivity contribution in [1.82, 2.24) is 4.90 Å². The van der Waals surface area contributed by atoms with Crippen molar-refractivity contribution in [1.29, 1.82) is 5.26 Å². The monoisotopic (exact) mass is 614 g/mol. The van der Waals surface area contributed by atoms with Gasteiger partial charge in [0.1, 0.15) is 11.9 Å². The summed E-state index contributed by atoms with van der Waals surface area (Å²) in [4.78, 5) is 14.2. The van der Waals surface area contributed by atoms with Gasteiger partial charge in [-0.15, -0.1) is 0 Å². The van der Waals surface area contributed by atoms with Crippen LogP contribution in [0.1, 0.15) is 58.4 Å². The number of cyclic esters (lactones) is 1. The van der Waals surface area contributed by atoms with Gasteiger partial charge in [0.2, 0.25) is 0 Å². The minimum atomic E-state index is -5.14. The third-order valence-corrected chi connectivity index (χ3v) is 7.51. The molecule has 226 valence electrons. The minimum Gasteiger partial charge on any atom is -0.496 e. The number of halogens is 9. The van der Waals surface area contributed by atoms with Crippen LogP contribution in [0.25, 0.3) is 11.1 Å². The number of benzene rings is 3. The molecule has 3 atom stereocenters. The molecule has 0 radical (unpaired) electrons. The van der Waals surface area contributed by atoms with Crippen LogP contribution in [0.5, 0.6) is 5.75 Å². The molecule has 2 aliphatic heterocycles. The summed E-state index contributed by atoms with van der Waals surface area (Å²) in [5.41, 5.74) is -4.21. The van der Waals surface area contributed by atoms with Gasteiger partial charge in [0.15, 0.2) is 0 Å². The van der Waals surface area contributed by atoms with E-state index in [9.17, 15) is 49.6 Å². The van der Waals surface area contributed by atoms with Gasteiger partial charge in [-0.1, -0.05) is 6.07 Å². The van der Waals surface area contributed by atoms with Crippen molar-refractivity contribution in [3.63, 3.8) is 0 Å². The lowest BCUT2D eigenvalue weighted by Gasteiger charge is -2.26. The van der Waals surface area contributed by atoms with Gasteiger partial charge >= 0.3 is 24.6 Å². The van der Waals surface area contributed by atoms with Crippen LogP contribution in [0.3, 0.4) is 0 Å². The van der Waals surface area contributed by atoms with Crippen molar-refractivity contribution >= 4 is 6.09 Å². The van der Waals surface area contributed by atoms with Crippen molar-refractivity contribution in [2.24, 2.45) is 0 Å². The number of nitrogens with zero attached hydrogens (tertiary/aromatic N) is 2. The van der Waals surface area contributed by atoms with Crippen LogP contribution >= 0.6 is 0 Å². The maximum Gasteiger partial charge on any atom is 0.416 e. The van der Waals surface area contributed by atoms with Gasteiger partial charge in [0.05, 0.1) is 47.5 Å². The Kier molecular flexibility index (Phi) is 7.27. The Balaban J connectivity index is 1.62. The molecule has 0 spiro atoms. The summed E-state index contributed by atoms with van der Waals surface area (Å²) in [5.74, 6) is 0.208. The first kappa shape index (κ1) is 30.1. The number of nitriles is 1. The number of carbonyl (C=O) groups excluding carboxylic acids is 1. The van der Waals surface area contributed by atoms with Gasteiger partial charge in [0.25, 0.3) is 0 Å². The van der Waals surface area contributed by atoms with E-state index in [1.54, 1.807) is 0 Å². The quantitative estimate of drug-likeness (QED) is 0.276. The Morgan fingerprint density at radius 3 is 2.00 bits per heavy atom. The molecule has 0 N–H and O–H groups in total. The van der Waals surface area contributed by atoms with E-state index < -0.39 is 65.1 Å². The van der Waals surface area contributed by atoms with Crippen LogP contribution < -0.4 is 4.74 Å². The Labute approximate surface area is 238 Å². The van der Waals surface area contributed by atoms with Crippen molar-refractivity contribution in [2.45, 2.75) is 49.6 Å². The Morgan fingerprint density at radius 1 is 0.814 bits per heavy atom. The minimum absolute atomic E-state index is 0.00370. The molecule has 5 nitrogen and oxygen atoms in total. The fraction of sp³-hybridized carbons (Fsp3) is 0.310. The average molecular weight is 614 g/mol. The maximum absolute atomic E-state index is 13.8. The molecule has 0 saturated carbocycles. The van der Waals surface area contributed by atoms with E-state index in [0.717, 1.165) is 23.1 Å². The molecule has 1 amide bonds. The predicted octanol–water partition coefficient (Wildman–Crippen LogP) is 8.69. The number of hydrogen-bond donors (Lipinski definition) is 0. The van der Waals surface area contributed by atoms with E-state index in [-0.39, 0.29) is 46.9 Å². The lowest BCUT2D eigenvalue weighted by Crippen LogP contribution is -2.31. The second-order valence-electron chi connectivity index (χ2n) is 10.0. The highest BCUT2D eigenvalue weighted by molar-refractivity contribution is 5.78. The van der Waals surface area contributed by atoms with Gasteiger partial charge < -0.3 is 9.47 Å². The summed E-state index contributed by atoms with van der Waals surface area (Å²) >= 11 is 0. The van der Waals surface area contributed by atoms with Crippen LogP contribution in [0.15, 0.2) is 54.6 Å². The third kappa shape index (κ3) is 5.55. The molecule has 14 heteroatoms. The van der Waals surface area contributed by atoms with Gasteiger partial charge in [0, 0.05) is 5.56 Å². The Hall–Kier alpha value is -4.41. The van der Waals surface area contributed by atoms with Crippen LogP contribution in [0.4, 0.5) is 44.3 Å². The maximum atomic E-state index is 13.8. The highest BCUT2D eigenvalue weighted by Gasteiger charge is 2.52. The first-order valence-electron chi connectivity index (χ1n) is 12.6. The van der Waals surface area contributed by atoms with Crippen molar-refractivity contribution in [2.75, 3.05) is 7.11 Å². The molecule has 2 fully saturated rings. The topological polar surface area (TPSA) is 62.6 Å². The van der Waals surface area contributed by atoms with E-state index in [1.165, 1.54) is 25.3 Å². The second-order valence-corrected chi connectivity index (χ2v) is 10.0. The van der Waals surface area contributed by atoms with Crippen LogP contribution in [-0.4, -0.2) is 24.1 Å². The molecule has 2 aliphatic rings. The number of fused-ring (bicyclic) bond motifs is 1. The highest BCUT2D eigenvalue weighted by atomic mass is 19.4. The first-order chi connectivity index (χ1) is 20.0. The molecular weight excluding hydrogens is 595 g/mol. The smallest absolute Gasteiger partial charge is 0.416 e. The lowest BCUT2D eigenvalue weighted by molar-refractivity contribution is -0.143. The van der Waals surface area contributed by atoms with Crippen molar-refractivity contribution in [3.8, 4) is 22.9 Å². The van der Waals surface area contributed by atoms with Crippen LogP contribution in [0.2, 0.25) is 0 Å².